The molecular formula is C19H32ClN. The SMILES string of the molecule is CC(C)CCCC(CNCC(C)C)Cc1ccc(Cl)cc1. The van der Waals surface area contributed by atoms with Crippen molar-refractivity contribution in [3.63, 3.8) is 0 Å². The number of benzene rings is 1. The molecule has 21 heavy (non-hydrogen) atoms. The number of hydrogen-bond acceptors (Lipinski definition) is 1. The summed E-state index contributed by atoms with van der Waals surface area (Å²) in [5.74, 6) is 2.25. The predicted molar refractivity (Wildman–Crippen MR) is 95.0 cm³/mol. The van der Waals surface area contributed by atoms with Gasteiger partial charge in [-0.1, -0.05) is 64.3 Å². The molecule has 0 aromatic heterocycles. The van der Waals surface area contributed by atoms with Crippen LogP contribution in [0.4, 0.5) is 0 Å². The second-order valence-corrected chi connectivity index (χ2v) is 7.51. The Balaban J connectivity index is 2.47. The summed E-state index contributed by atoms with van der Waals surface area (Å²) in [7, 11) is 0. The van der Waals surface area contributed by atoms with E-state index in [-0.39, 0.29) is 0 Å². The third kappa shape index (κ3) is 9.16. The summed E-state index contributed by atoms with van der Waals surface area (Å²) in [5, 5.41) is 4.46. The molecule has 1 N–H and O–H groups in total. The van der Waals surface area contributed by atoms with Gasteiger partial charge in [-0.25, -0.2) is 0 Å². The van der Waals surface area contributed by atoms with Crippen molar-refractivity contribution in [3.8, 4) is 0 Å². The normalized spacial score (nSPS) is 13.1. The lowest BCUT2D eigenvalue weighted by Gasteiger charge is -2.19. The molecule has 0 spiro atoms. The Morgan fingerprint density at radius 2 is 1.57 bits per heavy atom. The molecule has 2 heteroatoms. The lowest BCUT2D eigenvalue weighted by Crippen LogP contribution is -2.27. The fraction of sp³-hybridized carbons (Fsp3) is 0.684. The first kappa shape index (κ1) is 18.5. The maximum Gasteiger partial charge on any atom is 0.0406 e. The highest BCUT2D eigenvalue weighted by molar-refractivity contribution is 6.30. The van der Waals surface area contributed by atoms with Crippen molar-refractivity contribution in [2.24, 2.45) is 17.8 Å². The van der Waals surface area contributed by atoms with E-state index in [0.717, 1.165) is 42.3 Å². The van der Waals surface area contributed by atoms with Crippen LogP contribution in [-0.2, 0) is 6.42 Å². The van der Waals surface area contributed by atoms with Gasteiger partial charge in [-0.2, -0.15) is 0 Å². The molecule has 1 aromatic carbocycles. The van der Waals surface area contributed by atoms with E-state index in [1.807, 2.05) is 12.1 Å². The number of rotatable bonds is 10. The van der Waals surface area contributed by atoms with Crippen molar-refractivity contribution in [2.45, 2.75) is 53.4 Å². The highest BCUT2D eigenvalue weighted by Crippen LogP contribution is 2.18. The molecule has 0 heterocycles. The van der Waals surface area contributed by atoms with Gasteiger partial charge in [0.15, 0.2) is 0 Å². The van der Waals surface area contributed by atoms with E-state index in [4.69, 9.17) is 11.6 Å². The summed E-state index contributed by atoms with van der Waals surface area (Å²) in [6, 6.07) is 8.34. The second-order valence-electron chi connectivity index (χ2n) is 7.07. The second kappa shape index (κ2) is 10.2. The van der Waals surface area contributed by atoms with Crippen LogP contribution < -0.4 is 5.32 Å². The van der Waals surface area contributed by atoms with Crippen LogP contribution in [0, 0.1) is 17.8 Å². The zero-order valence-corrected chi connectivity index (χ0v) is 14.9. The van der Waals surface area contributed by atoms with E-state index < -0.39 is 0 Å². The molecule has 0 fully saturated rings. The van der Waals surface area contributed by atoms with E-state index in [1.54, 1.807) is 0 Å². The van der Waals surface area contributed by atoms with Crippen molar-refractivity contribution in [1.82, 2.24) is 5.32 Å². The highest BCUT2D eigenvalue weighted by Gasteiger charge is 2.10. The van der Waals surface area contributed by atoms with Crippen LogP contribution in [0.1, 0.15) is 52.5 Å². The Morgan fingerprint density at radius 1 is 0.905 bits per heavy atom. The first-order chi connectivity index (χ1) is 9.97. The molecule has 0 bridgehead atoms. The molecule has 0 saturated carbocycles. The molecular weight excluding hydrogens is 278 g/mol. The average molecular weight is 310 g/mol. The largest absolute Gasteiger partial charge is 0.316 e. The lowest BCUT2D eigenvalue weighted by molar-refractivity contribution is 0.396. The summed E-state index contributed by atoms with van der Waals surface area (Å²) in [5.41, 5.74) is 1.40. The van der Waals surface area contributed by atoms with Crippen LogP contribution in [-0.4, -0.2) is 13.1 Å². The minimum atomic E-state index is 0.719. The Labute approximate surface area is 136 Å². The monoisotopic (exact) mass is 309 g/mol. The molecule has 1 unspecified atom stereocenters. The first-order valence-electron chi connectivity index (χ1n) is 8.42. The van der Waals surface area contributed by atoms with Gasteiger partial charge >= 0.3 is 0 Å². The van der Waals surface area contributed by atoms with Gasteiger partial charge in [-0.3, -0.25) is 0 Å². The topological polar surface area (TPSA) is 12.0 Å². The minimum Gasteiger partial charge on any atom is -0.316 e. The lowest BCUT2D eigenvalue weighted by atomic mass is 9.92. The molecule has 1 rings (SSSR count). The zero-order valence-electron chi connectivity index (χ0n) is 14.2. The van der Waals surface area contributed by atoms with Crippen LogP contribution in [0.25, 0.3) is 0 Å². The maximum atomic E-state index is 5.97. The van der Waals surface area contributed by atoms with E-state index in [9.17, 15) is 0 Å². The smallest absolute Gasteiger partial charge is 0.0406 e. The predicted octanol–water partition coefficient (Wildman–Crippen LogP) is 5.57. The van der Waals surface area contributed by atoms with E-state index in [1.165, 1.54) is 24.8 Å². The van der Waals surface area contributed by atoms with Gasteiger partial charge in [0.2, 0.25) is 0 Å². The van der Waals surface area contributed by atoms with Gasteiger partial charge in [-0.15, -0.1) is 0 Å². The maximum absolute atomic E-state index is 5.97. The molecule has 0 aliphatic heterocycles. The molecule has 0 aliphatic rings. The molecule has 120 valence electrons. The Hall–Kier alpha value is -0.530. The molecule has 1 nitrogen and oxygen atoms in total. The fourth-order valence-electron chi connectivity index (χ4n) is 2.62. The number of nitrogens with one attached hydrogen (secondary N) is 1. The Kier molecular flexibility index (Phi) is 9.03. The molecule has 0 aliphatic carbocycles. The summed E-state index contributed by atoms with van der Waals surface area (Å²) in [6.45, 7) is 11.4. The zero-order chi connectivity index (χ0) is 15.7. The average Bonchev–Trinajstić information content (AvgIpc) is 2.40. The minimum absolute atomic E-state index is 0.719. The van der Waals surface area contributed by atoms with Gasteiger partial charge in [0.05, 0.1) is 0 Å². The van der Waals surface area contributed by atoms with Crippen LogP contribution in [0.5, 0.6) is 0 Å². The van der Waals surface area contributed by atoms with Crippen molar-refractivity contribution < 1.29 is 0 Å². The van der Waals surface area contributed by atoms with Crippen LogP contribution in [0.2, 0.25) is 5.02 Å². The van der Waals surface area contributed by atoms with Gasteiger partial charge in [-0.05, 0) is 61.4 Å². The van der Waals surface area contributed by atoms with Crippen molar-refractivity contribution in [2.75, 3.05) is 13.1 Å². The van der Waals surface area contributed by atoms with Crippen molar-refractivity contribution in [3.05, 3.63) is 34.9 Å². The van der Waals surface area contributed by atoms with E-state index in [2.05, 4.69) is 45.1 Å². The highest BCUT2D eigenvalue weighted by atomic mass is 35.5. The summed E-state index contributed by atoms with van der Waals surface area (Å²) in [4.78, 5) is 0. The molecule has 1 atom stereocenters. The summed E-state index contributed by atoms with van der Waals surface area (Å²) < 4.78 is 0. The summed E-state index contributed by atoms with van der Waals surface area (Å²) in [6.07, 6.45) is 5.13. The molecule has 0 saturated heterocycles. The van der Waals surface area contributed by atoms with Gasteiger partial charge in [0.25, 0.3) is 0 Å². The fourth-order valence-corrected chi connectivity index (χ4v) is 2.75. The Morgan fingerprint density at radius 3 is 2.14 bits per heavy atom. The van der Waals surface area contributed by atoms with Crippen molar-refractivity contribution in [1.29, 1.82) is 0 Å². The molecule has 1 aromatic rings. The molecule has 0 radical (unpaired) electrons. The van der Waals surface area contributed by atoms with Crippen LogP contribution in [0.15, 0.2) is 24.3 Å². The van der Waals surface area contributed by atoms with E-state index >= 15 is 0 Å². The van der Waals surface area contributed by atoms with Gasteiger partial charge in [0.1, 0.15) is 0 Å². The third-order valence-corrected chi connectivity index (χ3v) is 4.07. The van der Waals surface area contributed by atoms with Gasteiger partial charge in [0, 0.05) is 5.02 Å². The van der Waals surface area contributed by atoms with Crippen molar-refractivity contribution >= 4 is 11.6 Å². The summed E-state index contributed by atoms with van der Waals surface area (Å²) >= 11 is 5.97. The number of hydrogen-bond donors (Lipinski definition) is 1. The Bertz CT molecular complexity index is 356. The quantitative estimate of drug-likeness (QED) is 0.595. The third-order valence-electron chi connectivity index (χ3n) is 3.82. The molecule has 0 amide bonds. The van der Waals surface area contributed by atoms with E-state index in [0.29, 0.717) is 0 Å². The van der Waals surface area contributed by atoms with Crippen LogP contribution >= 0.6 is 11.6 Å². The standard InChI is InChI=1S/C19H32ClN/c1-15(2)6-5-7-18(14-21-13-16(3)4)12-17-8-10-19(20)11-9-17/h8-11,15-16,18,21H,5-7,12-14H2,1-4H3. The van der Waals surface area contributed by atoms with Gasteiger partial charge < -0.3 is 5.32 Å². The number of halogens is 1. The first-order valence-corrected chi connectivity index (χ1v) is 8.80. The van der Waals surface area contributed by atoms with Crippen LogP contribution in [0.3, 0.4) is 0 Å².